The monoisotopic (exact) mass is 1000 g/mol. The Balaban J connectivity index is 0.0000245. The van der Waals surface area contributed by atoms with E-state index in [0.717, 1.165) is 78.9 Å². The second kappa shape index (κ2) is 51.3. The molecule has 70 heavy (non-hydrogen) atoms. The molecular formula is C67H110N2Ni. The minimum Gasteiger partial charge on any atom is -0.252 e. The Bertz CT molecular complexity index is 1610. The topological polar surface area (TPSA) is 24.7 Å². The minimum atomic E-state index is 0. The Hall–Kier alpha value is -2.61. The number of aliphatic imine (C=N–C) groups is 2. The number of rotatable bonds is 46. The average molecular weight is 1000 g/mol. The van der Waals surface area contributed by atoms with Crippen LogP contribution in [0.15, 0.2) is 58.5 Å². The SMILES string of the molecule is CCCCCCCCCCCCCCCCCCCCC#Cc1ccc(N=C(CCCC)C(CCCCC)=Nc2ccc(C#CCCCCCCCCCCCCCCCCCCCC)cc2)cc1.[Ni]. The molecule has 0 N–H and O–H groups in total. The van der Waals surface area contributed by atoms with Gasteiger partial charge in [-0.15, -0.1) is 0 Å². The molecule has 0 bridgehead atoms. The molecule has 0 radical (unpaired) electrons. The number of hydrogen-bond acceptors (Lipinski definition) is 2. The largest absolute Gasteiger partial charge is 0.252 e. The van der Waals surface area contributed by atoms with Gasteiger partial charge in [-0.05, 0) is 87.1 Å². The zero-order valence-corrected chi connectivity index (χ0v) is 47.6. The van der Waals surface area contributed by atoms with Gasteiger partial charge >= 0.3 is 0 Å². The molecular weight excluding hydrogens is 891 g/mol. The van der Waals surface area contributed by atoms with Crippen molar-refractivity contribution in [2.45, 2.75) is 317 Å². The molecule has 0 amide bonds. The van der Waals surface area contributed by atoms with Crippen LogP contribution in [0.5, 0.6) is 0 Å². The molecule has 398 valence electrons. The maximum absolute atomic E-state index is 5.26. The fraction of sp³-hybridized carbons (Fsp3) is 0.731. The summed E-state index contributed by atoms with van der Waals surface area (Å²) in [6, 6.07) is 17.2. The van der Waals surface area contributed by atoms with Crippen molar-refractivity contribution in [2.75, 3.05) is 0 Å². The number of nitrogens with zero attached hydrogens (tertiary/aromatic N) is 2. The van der Waals surface area contributed by atoms with Gasteiger partial charge in [-0.2, -0.15) is 0 Å². The van der Waals surface area contributed by atoms with Gasteiger partial charge in [0.1, 0.15) is 0 Å². The maximum atomic E-state index is 5.26. The summed E-state index contributed by atoms with van der Waals surface area (Å²) >= 11 is 0. The van der Waals surface area contributed by atoms with Gasteiger partial charge in [-0.1, -0.05) is 289 Å². The van der Waals surface area contributed by atoms with Crippen LogP contribution < -0.4 is 0 Å². The van der Waals surface area contributed by atoms with E-state index in [1.54, 1.807) is 0 Å². The summed E-state index contributed by atoms with van der Waals surface area (Å²) in [7, 11) is 0. The maximum Gasteiger partial charge on any atom is 0.0634 e. The summed E-state index contributed by atoms with van der Waals surface area (Å²) in [4.78, 5) is 10.5. The van der Waals surface area contributed by atoms with Gasteiger partial charge < -0.3 is 0 Å². The third-order valence-corrected chi connectivity index (χ3v) is 14.2. The zero-order chi connectivity index (χ0) is 49.2. The van der Waals surface area contributed by atoms with E-state index in [4.69, 9.17) is 9.98 Å². The van der Waals surface area contributed by atoms with E-state index in [9.17, 15) is 0 Å². The molecule has 0 aliphatic rings. The van der Waals surface area contributed by atoms with Crippen LogP contribution in [0.1, 0.15) is 328 Å². The third-order valence-electron chi connectivity index (χ3n) is 14.2. The Morgan fingerprint density at radius 1 is 0.286 bits per heavy atom. The van der Waals surface area contributed by atoms with E-state index < -0.39 is 0 Å². The molecule has 0 atom stereocenters. The van der Waals surface area contributed by atoms with Gasteiger partial charge in [0.25, 0.3) is 0 Å². The molecule has 2 aromatic rings. The Morgan fingerprint density at radius 2 is 0.514 bits per heavy atom. The molecule has 0 heterocycles. The van der Waals surface area contributed by atoms with E-state index in [-0.39, 0.29) is 16.5 Å². The van der Waals surface area contributed by atoms with Gasteiger partial charge in [-0.3, -0.25) is 9.98 Å². The van der Waals surface area contributed by atoms with Crippen molar-refractivity contribution < 1.29 is 16.5 Å². The summed E-state index contributed by atoms with van der Waals surface area (Å²) in [5.74, 6) is 13.7. The normalized spacial score (nSPS) is 11.5. The third kappa shape index (κ3) is 39.9. The number of benzene rings is 2. The zero-order valence-electron chi connectivity index (χ0n) is 46.6. The van der Waals surface area contributed by atoms with Crippen molar-refractivity contribution in [3.05, 3.63) is 59.7 Å². The van der Waals surface area contributed by atoms with Crippen molar-refractivity contribution >= 4 is 22.8 Å². The molecule has 0 aliphatic heterocycles. The molecule has 0 spiro atoms. The van der Waals surface area contributed by atoms with E-state index in [0.29, 0.717) is 0 Å². The summed E-state index contributed by atoms with van der Waals surface area (Å²) in [5.41, 5.74) is 6.44. The molecule has 2 nitrogen and oxygen atoms in total. The molecule has 0 aliphatic carbocycles. The Kier molecular flexibility index (Phi) is 47.9. The fourth-order valence-corrected chi connectivity index (χ4v) is 9.53. The first kappa shape index (κ1) is 65.4. The molecule has 0 saturated carbocycles. The molecule has 0 unspecified atom stereocenters. The molecule has 0 aromatic heterocycles. The van der Waals surface area contributed by atoms with Crippen LogP contribution in [-0.4, -0.2) is 11.4 Å². The first-order chi connectivity index (χ1) is 34.2. The van der Waals surface area contributed by atoms with Crippen LogP contribution in [0, 0.1) is 23.7 Å². The average Bonchev–Trinajstić information content (AvgIpc) is 3.37. The fourth-order valence-electron chi connectivity index (χ4n) is 9.53. The van der Waals surface area contributed by atoms with Crippen LogP contribution in [0.25, 0.3) is 0 Å². The smallest absolute Gasteiger partial charge is 0.0634 e. The summed E-state index contributed by atoms with van der Waals surface area (Å²) < 4.78 is 0. The van der Waals surface area contributed by atoms with E-state index in [2.05, 4.69) is 99.9 Å². The molecule has 0 fully saturated rings. The quantitative estimate of drug-likeness (QED) is 0.0273. The minimum absolute atomic E-state index is 0. The van der Waals surface area contributed by atoms with Crippen molar-refractivity contribution in [1.82, 2.24) is 0 Å². The Labute approximate surface area is 446 Å². The van der Waals surface area contributed by atoms with Crippen LogP contribution in [0.3, 0.4) is 0 Å². The van der Waals surface area contributed by atoms with Crippen molar-refractivity contribution in [2.24, 2.45) is 9.98 Å². The van der Waals surface area contributed by atoms with Crippen molar-refractivity contribution in [3.63, 3.8) is 0 Å². The molecule has 2 aromatic carbocycles. The molecule has 0 saturated heterocycles. The summed E-state index contributed by atoms with van der Waals surface area (Å²) in [6.45, 7) is 9.15. The second-order valence-corrected chi connectivity index (χ2v) is 20.9. The van der Waals surface area contributed by atoms with E-state index in [1.807, 2.05) is 0 Å². The van der Waals surface area contributed by atoms with Gasteiger partial charge in [0.05, 0.1) is 22.8 Å². The van der Waals surface area contributed by atoms with Crippen LogP contribution >= 0.6 is 0 Å². The number of hydrogen-bond donors (Lipinski definition) is 0. The van der Waals surface area contributed by atoms with Crippen LogP contribution in [0.4, 0.5) is 11.4 Å². The first-order valence-electron chi connectivity index (χ1n) is 30.5. The standard InChI is InChI=1S/C67H110N2.Ni/c1-5-9-13-15-17-19-21-23-25-27-29-31-33-35-37-39-41-43-45-48-50-62-54-58-64(59-55-62)68-66(52-12-8-4)67(53-47-11-7-3)69-65-60-56-63(57-61-65)51-49-46-44-42-40-38-36-34-32-30-28-26-24-22-20-18-16-14-10-6-2;/h54-61H,5-47,52-53H2,1-4H3;. The summed E-state index contributed by atoms with van der Waals surface area (Å²) in [5, 5.41) is 0. The van der Waals surface area contributed by atoms with Crippen LogP contribution in [-0.2, 0) is 16.5 Å². The van der Waals surface area contributed by atoms with Gasteiger partial charge in [0.15, 0.2) is 0 Å². The molecule has 2 rings (SSSR count). The number of unbranched alkanes of at least 4 members (excludes halogenated alkanes) is 39. The predicted molar refractivity (Wildman–Crippen MR) is 311 cm³/mol. The van der Waals surface area contributed by atoms with Gasteiger partial charge in [0, 0.05) is 40.5 Å². The predicted octanol–water partition coefficient (Wildman–Crippen LogP) is 22.9. The molecule has 3 heteroatoms. The van der Waals surface area contributed by atoms with Gasteiger partial charge in [-0.25, -0.2) is 0 Å². The van der Waals surface area contributed by atoms with Crippen molar-refractivity contribution in [3.8, 4) is 23.7 Å². The van der Waals surface area contributed by atoms with E-state index >= 15 is 0 Å². The summed E-state index contributed by atoms with van der Waals surface area (Å²) in [6.07, 6.45) is 60.5. The first-order valence-corrected chi connectivity index (χ1v) is 30.5. The van der Waals surface area contributed by atoms with E-state index in [1.165, 1.54) is 244 Å². The Morgan fingerprint density at radius 3 is 0.786 bits per heavy atom. The van der Waals surface area contributed by atoms with Gasteiger partial charge in [0.2, 0.25) is 0 Å². The second-order valence-electron chi connectivity index (χ2n) is 20.9. The van der Waals surface area contributed by atoms with Crippen LogP contribution in [0.2, 0.25) is 0 Å². The van der Waals surface area contributed by atoms with Crippen molar-refractivity contribution in [1.29, 1.82) is 0 Å².